The lowest BCUT2D eigenvalue weighted by molar-refractivity contribution is -0.0499. The molecule has 0 bridgehead atoms. The van der Waals surface area contributed by atoms with Crippen LogP contribution in [0.4, 0.5) is 13.6 Å². The van der Waals surface area contributed by atoms with Crippen molar-refractivity contribution in [2.24, 2.45) is 0 Å². The van der Waals surface area contributed by atoms with Gasteiger partial charge in [-0.1, -0.05) is 6.07 Å². The Labute approximate surface area is 128 Å². The molecule has 2 rings (SSSR count). The van der Waals surface area contributed by atoms with Crippen molar-refractivity contribution < 1.29 is 23.0 Å². The van der Waals surface area contributed by atoms with Crippen LogP contribution in [0.3, 0.4) is 0 Å². The zero-order valence-electron chi connectivity index (χ0n) is 12.4. The molecule has 122 valence electrons. The maximum absolute atomic E-state index is 12.3. The van der Waals surface area contributed by atoms with Gasteiger partial charge in [-0.2, -0.15) is 8.78 Å². The molecule has 0 spiro atoms. The van der Waals surface area contributed by atoms with Gasteiger partial charge in [0.05, 0.1) is 12.6 Å². The average Bonchev–Trinajstić information content (AvgIpc) is 2.47. The van der Waals surface area contributed by atoms with E-state index in [-0.39, 0.29) is 17.8 Å². The molecule has 22 heavy (non-hydrogen) atoms. The van der Waals surface area contributed by atoms with Crippen molar-refractivity contribution in [1.29, 1.82) is 0 Å². The minimum Gasteiger partial charge on any atom is -0.435 e. The van der Waals surface area contributed by atoms with E-state index in [1.54, 1.807) is 19.2 Å². The summed E-state index contributed by atoms with van der Waals surface area (Å²) in [6, 6.07) is 4.49. The predicted octanol–water partition coefficient (Wildman–Crippen LogP) is 2.61. The van der Waals surface area contributed by atoms with Gasteiger partial charge in [-0.15, -0.1) is 0 Å². The number of halogens is 2. The van der Waals surface area contributed by atoms with Crippen molar-refractivity contribution in [2.75, 3.05) is 20.3 Å². The van der Waals surface area contributed by atoms with Crippen molar-refractivity contribution in [3.05, 3.63) is 29.3 Å². The van der Waals surface area contributed by atoms with Crippen molar-refractivity contribution in [1.82, 2.24) is 10.6 Å². The molecule has 1 aromatic carbocycles. The van der Waals surface area contributed by atoms with E-state index in [9.17, 15) is 13.6 Å². The zero-order valence-corrected chi connectivity index (χ0v) is 12.4. The van der Waals surface area contributed by atoms with Crippen molar-refractivity contribution in [2.45, 2.75) is 31.9 Å². The first-order valence-electron chi connectivity index (χ1n) is 7.21. The largest absolute Gasteiger partial charge is 0.435 e. The number of amides is 2. The van der Waals surface area contributed by atoms with Crippen LogP contribution in [0.2, 0.25) is 0 Å². The number of hydrogen-bond donors (Lipinski definition) is 2. The molecule has 5 nitrogen and oxygen atoms in total. The lowest BCUT2D eigenvalue weighted by Crippen LogP contribution is -2.40. The number of carbonyl (C=O) groups excluding carboxylic acids is 1. The quantitative estimate of drug-likeness (QED) is 0.794. The van der Waals surface area contributed by atoms with Crippen LogP contribution in [0.15, 0.2) is 18.2 Å². The standard InChI is InChI=1S/C15H20F2N2O3/c1-21-8-7-18-15(20)19-13-4-2-3-10-9-11(22-14(16)17)5-6-12(10)13/h5-6,9,13-14H,2-4,7-8H2,1H3,(H2,18,19,20). The maximum atomic E-state index is 12.3. The summed E-state index contributed by atoms with van der Waals surface area (Å²) in [6.07, 6.45) is 2.49. The van der Waals surface area contributed by atoms with Gasteiger partial charge in [-0.25, -0.2) is 4.79 Å². The van der Waals surface area contributed by atoms with Crippen LogP contribution >= 0.6 is 0 Å². The number of benzene rings is 1. The van der Waals surface area contributed by atoms with Gasteiger partial charge in [0.25, 0.3) is 0 Å². The second-order valence-corrected chi connectivity index (χ2v) is 5.08. The Bertz CT molecular complexity index is 512. The SMILES string of the molecule is COCCNC(=O)NC1CCCc2cc(OC(F)F)ccc21. The van der Waals surface area contributed by atoms with Gasteiger partial charge >= 0.3 is 12.6 Å². The Morgan fingerprint density at radius 2 is 2.27 bits per heavy atom. The molecule has 1 aliphatic carbocycles. The van der Waals surface area contributed by atoms with Crippen LogP contribution in [-0.2, 0) is 11.2 Å². The van der Waals surface area contributed by atoms with Gasteiger partial charge < -0.3 is 20.1 Å². The van der Waals surface area contributed by atoms with Crippen LogP contribution in [0, 0.1) is 0 Å². The molecule has 1 aliphatic rings. The molecule has 0 fully saturated rings. The van der Waals surface area contributed by atoms with E-state index in [1.165, 1.54) is 6.07 Å². The number of methoxy groups -OCH3 is 1. The summed E-state index contributed by atoms with van der Waals surface area (Å²) in [7, 11) is 1.57. The van der Waals surface area contributed by atoms with E-state index >= 15 is 0 Å². The molecule has 1 atom stereocenters. The third kappa shape index (κ3) is 4.56. The highest BCUT2D eigenvalue weighted by atomic mass is 19.3. The van der Waals surface area contributed by atoms with Gasteiger partial charge in [0.2, 0.25) is 0 Å². The number of carbonyl (C=O) groups is 1. The number of aryl methyl sites for hydroxylation is 1. The number of nitrogens with one attached hydrogen (secondary N) is 2. The van der Waals surface area contributed by atoms with Gasteiger partial charge in [-0.05, 0) is 42.5 Å². The minimum atomic E-state index is -2.83. The summed E-state index contributed by atoms with van der Waals surface area (Å²) in [6.45, 7) is -1.95. The van der Waals surface area contributed by atoms with Gasteiger partial charge in [0.1, 0.15) is 5.75 Å². The molecule has 7 heteroatoms. The first-order valence-corrected chi connectivity index (χ1v) is 7.21. The topological polar surface area (TPSA) is 59.6 Å². The Kier molecular flexibility index (Phi) is 5.94. The fraction of sp³-hybridized carbons (Fsp3) is 0.533. The van der Waals surface area contributed by atoms with Gasteiger partial charge in [-0.3, -0.25) is 0 Å². The highest BCUT2D eigenvalue weighted by molar-refractivity contribution is 5.74. The van der Waals surface area contributed by atoms with Crippen LogP contribution in [0.5, 0.6) is 5.75 Å². The summed E-state index contributed by atoms with van der Waals surface area (Å²) in [5, 5.41) is 5.60. The third-order valence-corrected chi connectivity index (χ3v) is 3.55. The number of hydrogen-bond acceptors (Lipinski definition) is 3. The lowest BCUT2D eigenvalue weighted by atomic mass is 9.87. The first-order chi connectivity index (χ1) is 10.6. The van der Waals surface area contributed by atoms with Crippen molar-refractivity contribution in [3.63, 3.8) is 0 Å². The number of fused-ring (bicyclic) bond motifs is 1. The summed E-state index contributed by atoms with van der Waals surface area (Å²) in [4.78, 5) is 11.8. The zero-order chi connectivity index (χ0) is 15.9. The number of urea groups is 1. The van der Waals surface area contributed by atoms with Crippen LogP contribution in [0.25, 0.3) is 0 Å². The van der Waals surface area contributed by atoms with Crippen molar-refractivity contribution >= 4 is 6.03 Å². The second-order valence-electron chi connectivity index (χ2n) is 5.08. The van der Waals surface area contributed by atoms with Crippen molar-refractivity contribution in [3.8, 4) is 5.75 Å². The molecule has 0 aromatic heterocycles. The Morgan fingerprint density at radius 3 is 3.00 bits per heavy atom. The van der Waals surface area contributed by atoms with Gasteiger partial charge in [0.15, 0.2) is 0 Å². The molecule has 0 saturated carbocycles. The summed E-state index contributed by atoms with van der Waals surface area (Å²) < 4.78 is 33.8. The van der Waals surface area contributed by atoms with Crippen LogP contribution < -0.4 is 15.4 Å². The summed E-state index contributed by atoms with van der Waals surface area (Å²) in [5.74, 6) is 0.152. The molecule has 2 amide bonds. The van der Waals surface area contributed by atoms with E-state index in [0.717, 1.165) is 30.4 Å². The highest BCUT2D eigenvalue weighted by Crippen LogP contribution is 2.32. The van der Waals surface area contributed by atoms with E-state index in [2.05, 4.69) is 15.4 Å². The second kappa shape index (κ2) is 7.93. The smallest absolute Gasteiger partial charge is 0.387 e. The average molecular weight is 314 g/mol. The molecule has 1 aromatic rings. The monoisotopic (exact) mass is 314 g/mol. The van der Waals surface area contributed by atoms with Gasteiger partial charge in [0, 0.05) is 13.7 Å². The minimum absolute atomic E-state index is 0.119. The summed E-state index contributed by atoms with van der Waals surface area (Å²) >= 11 is 0. The molecule has 0 radical (unpaired) electrons. The number of ether oxygens (including phenoxy) is 2. The van der Waals surface area contributed by atoms with E-state index in [0.29, 0.717) is 13.2 Å². The fourth-order valence-electron chi connectivity index (χ4n) is 2.59. The molecule has 0 heterocycles. The third-order valence-electron chi connectivity index (χ3n) is 3.55. The molecule has 2 N–H and O–H groups in total. The predicted molar refractivity (Wildman–Crippen MR) is 77.2 cm³/mol. The molecular weight excluding hydrogens is 294 g/mol. The number of rotatable bonds is 6. The molecular formula is C15H20F2N2O3. The maximum Gasteiger partial charge on any atom is 0.387 e. The lowest BCUT2D eigenvalue weighted by Gasteiger charge is -2.27. The van der Waals surface area contributed by atoms with Crippen LogP contribution in [0.1, 0.15) is 30.0 Å². The summed E-state index contributed by atoms with van der Waals surface area (Å²) in [5.41, 5.74) is 1.89. The van der Waals surface area contributed by atoms with E-state index < -0.39 is 6.61 Å². The molecule has 0 saturated heterocycles. The van der Waals surface area contributed by atoms with E-state index in [1.807, 2.05) is 0 Å². The Morgan fingerprint density at radius 1 is 1.45 bits per heavy atom. The Balaban J connectivity index is 2.00. The highest BCUT2D eigenvalue weighted by Gasteiger charge is 2.22. The molecule has 1 unspecified atom stereocenters. The Hall–Kier alpha value is -1.89. The number of alkyl halides is 2. The van der Waals surface area contributed by atoms with Crippen LogP contribution in [-0.4, -0.2) is 32.9 Å². The molecule has 0 aliphatic heterocycles. The normalized spacial score (nSPS) is 17.0. The first kappa shape index (κ1) is 16.5. The van der Waals surface area contributed by atoms with E-state index in [4.69, 9.17) is 4.74 Å². The fourth-order valence-corrected chi connectivity index (χ4v) is 2.59.